The van der Waals surface area contributed by atoms with Crippen LogP contribution in [0.3, 0.4) is 0 Å². The molecule has 0 atom stereocenters. The molecule has 1 aromatic rings. The lowest BCUT2D eigenvalue weighted by Gasteiger charge is -2.37. The summed E-state index contributed by atoms with van der Waals surface area (Å²) in [6.45, 7) is 8.10. The summed E-state index contributed by atoms with van der Waals surface area (Å²) in [6, 6.07) is 7.25. The van der Waals surface area contributed by atoms with Crippen molar-refractivity contribution in [1.29, 1.82) is 0 Å². The molecule has 0 spiro atoms. The highest BCUT2D eigenvalue weighted by Crippen LogP contribution is 2.12. The average molecular weight is 304 g/mol. The lowest BCUT2D eigenvalue weighted by Crippen LogP contribution is -2.50. The second-order valence-electron chi connectivity index (χ2n) is 5.84. The molecular weight excluding hydrogens is 280 g/mol. The number of amides is 3. The van der Waals surface area contributed by atoms with Crippen LogP contribution in [0, 0.1) is 0 Å². The Labute approximate surface area is 131 Å². The highest BCUT2D eigenvalue weighted by molar-refractivity contribution is 5.94. The van der Waals surface area contributed by atoms with E-state index in [1.165, 1.54) is 0 Å². The van der Waals surface area contributed by atoms with Crippen LogP contribution in [0.15, 0.2) is 24.3 Å². The molecule has 2 rings (SSSR count). The second-order valence-corrected chi connectivity index (χ2v) is 5.84. The van der Waals surface area contributed by atoms with Crippen molar-refractivity contribution in [2.45, 2.75) is 26.4 Å². The predicted molar refractivity (Wildman–Crippen MR) is 85.5 cm³/mol. The van der Waals surface area contributed by atoms with E-state index in [2.05, 4.69) is 24.1 Å². The smallest absolute Gasteiger partial charge is 0.312 e. The number of carbonyl (C=O) groups is 2. The van der Waals surface area contributed by atoms with Gasteiger partial charge in [-0.1, -0.05) is 12.1 Å². The van der Waals surface area contributed by atoms with E-state index in [1.807, 2.05) is 17.0 Å². The molecule has 0 unspecified atom stereocenters. The number of nitrogens with zero attached hydrogens (tertiary/aromatic N) is 2. The highest BCUT2D eigenvalue weighted by Gasteiger charge is 2.23. The monoisotopic (exact) mass is 304 g/mol. The van der Waals surface area contributed by atoms with Gasteiger partial charge in [-0.05, 0) is 31.5 Å². The van der Waals surface area contributed by atoms with Gasteiger partial charge >= 0.3 is 6.03 Å². The Morgan fingerprint density at radius 2 is 1.73 bits per heavy atom. The molecule has 3 N–H and O–H groups in total. The first-order valence-corrected chi connectivity index (χ1v) is 7.63. The Bertz CT molecular complexity index is 519. The fourth-order valence-corrected chi connectivity index (χ4v) is 2.58. The van der Waals surface area contributed by atoms with E-state index in [4.69, 9.17) is 5.73 Å². The zero-order chi connectivity index (χ0) is 16.1. The minimum absolute atomic E-state index is 0.0674. The molecule has 0 aromatic heterocycles. The molecule has 1 aromatic carbocycles. The van der Waals surface area contributed by atoms with Gasteiger partial charge in [0.1, 0.15) is 0 Å². The van der Waals surface area contributed by atoms with Gasteiger partial charge in [-0.25, -0.2) is 4.79 Å². The van der Waals surface area contributed by atoms with E-state index in [1.54, 1.807) is 12.1 Å². The first-order chi connectivity index (χ1) is 10.5. The maximum absolute atomic E-state index is 12.5. The number of hydrogen-bond donors (Lipinski definition) is 2. The summed E-state index contributed by atoms with van der Waals surface area (Å²) < 4.78 is 0. The van der Waals surface area contributed by atoms with Crippen molar-refractivity contribution in [3.8, 4) is 0 Å². The fraction of sp³-hybridized carbons (Fsp3) is 0.500. The first kappa shape index (κ1) is 16.3. The minimum atomic E-state index is -0.553. The quantitative estimate of drug-likeness (QED) is 0.872. The number of nitrogens with two attached hydrogens (primary N) is 1. The van der Waals surface area contributed by atoms with E-state index in [-0.39, 0.29) is 5.91 Å². The summed E-state index contributed by atoms with van der Waals surface area (Å²) in [5.74, 6) is 0.0674. The average Bonchev–Trinajstić information content (AvgIpc) is 2.53. The van der Waals surface area contributed by atoms with Crippen molar-refractivity contribution in [3.63, 3.8) is 0 Å². The maximum Gasteiger partial charge on any atom is 0.312 e. The van der Waals surface area contributed by atoms with Crippen LogP contribution >= 0.6 is 0 Å². The maximum atomic E-state index is 12.5. The summed E-state index contributed by atoms with van der Waals surface area (Å²) in [7, 11) is 0. The molecular formula is C16H24N4O2. The zero-order valence-electron chi connectivity index (χ0n) is 13.2. The van der Waals surface area contributed by atoms with Gasteiger partial charge in [-0.3, -0.25) is 9.69 Å². The topological polar surface area (TPSA) is 78.7 Å². The van der Waals surface area contributed by atoms with Gasteiger partial charge < -0.3 is 16.0 Å². The molecule has 1 saturated heterocycles. The van der Waals surface area contributed by atoms with Crippen molar-refractivity contribution in [1.82, 2.24) is 15.1 Å². The summed E-state index contributed by atoms with van der Waals surface area (Å²) in [4.78, 5) is 27.4. The number of primary amides is 1. The number of urea groups is 1. The Hall–Kier alpha value is -2.08. The Kier molecular flexibility index (Phi) is 5.38. The molecule has 0 bridgehead atoms. The van der Waals surface area contributed by atoms with Crippen LogP contribution in [0.2, 0.25) is 0 Å². The number of nitrogens with one attached hydrogen (secondary N) is 1. The van der Waals surface area contributed by atoms with E-state index in [9.17, 15) is 9.59 Å². The highest BCUT2D eigenvalue weighted by atomic mass is 16.2. The third-order valence-electron chi connectivity index (χ3n) is 4.00. The Morgan fingerprint density at radius 3 is 2.23 bits per heavy atom. The van der Waals surface area contributed by atoms with Crippen molar-refractivity contribution < 1.29 is 9.59 Å². The van der Waals surface area contributed by atoms with Crippen molar-refractivity contribution in [2.75, 3.05) is 26.2 Å². The Balaban J connectivity index is 1.91. The van der Waals surface area contributed by atoms with Crippen LogP contribution in [0.5, 0.6) is 0 Å². The first-order valence-electron chi connectivity index (χ1n) is 7.63. The SMILES string of the molecule is CC(C)N1CCN(C(=O)c2ccc(CNC(N)=O)cc2)CC1. The summed E-state index contributed by atoms with van der Waals surface area (Å²) in [5.41, 5.74) is 6.63. The number of benzene rings is 1. The van der Waals surface area contributed by atoms with Gasteiger partial charge in [-0.2, -0.15) is 0 Å². The second kappa shape index (κ2) is 7.26. The van der Waals surface area contributed by atoms with E-state index < -0.39 is 6.03 Å². The molecule has 1 heterocycles. The van der Waals surface area contributed by atoms with Gasteiger partial charge in [0.2, 0.25) is 0 Å². The molecule has 0 radical (unpaired) electrons. The lowest BCUT2D eigenvalue weighted by molar-refractivity contribution is 0.0595. The zero-order valence-corrected chi connectivity index (χ0v) is 13.2. The van der Waals surface area contributed by atoms with E-state index in [0.717, 1.165) is 31.7 Å². The molecule has 1 aliphatic heterocycles. The molecule has 0 saturated carbocycles. The van der Waals surface area contributed by atoms with Gasteiger partial charge in [0, 0.05) is 44.3 Å². The van der Waals surface area contributed by atoms with Crippen LogP contribution in [-0.4, -0.2) is 54.0 Å². The number of hydrogen-bond acceptors (Lipinski definition) is 3. The number of rotatable bonds is 4. The molecule has 0 aliphatic carbocycles. The largest absolute Gasteiger partial charge is 0.352 e. The molecule has 1 fully saturated rings. The molecule has 6 heteroatoms. The number of piperazine rings is 1. The minimum Gasteiger partial charge on any atom is -0.352 e. The third-order valence-corrected chi connectivity index (χ3v) is 4.00. The van der Waals surface area contributed by atoms with Crippen LogP contribution in [0.4, 0.5) is 4.79 Å². The summed E-state index contributed by atoms with van der Waals surface area (Å²) >= 11 is 0. The van der Waals surface area contributed by atoms with E-state index in [0.29, 0.717) is 18.2 Å². The van der Waals surface area contributed by atoms with Gasteiger partial charge in [-0.15, -0.1) is 0 Å². The van der Waals surface area contributed by atoms with Crippen LogP contribution in [-0.2, 0) is 6.54 Å². The fourth-order valence-electron chi connectivity index (χ4n) is 2.58. The molecule has 1 aliphatic rings. The van der Waals surface area contributed by atoms with Crippen molar-refractivity contribution >= 4 is 11.9 Å². The Morgan fingerprint density at radius 1 is 1.14 bits per heavy atom. The molecule has 3 amide bonds. The third kappa shape index (κ3) is 4.21. The van der Waals surface area contributed by atoms with E-state index >= 15 is 0 Å². The lowest BCUT2D eigenvalue weighted by atomic mass is 10.1. The van der Waals surface area contributed by atoms with Crippen LogP contribution in [0.1, 0.15) is 29.8 Å². The van der Waals surface area contributed by atoms with Crippen LogP contribution in [0.25, 0.3) is 0 Å². The standard InChI is InChI=1S/C16H24N4O2/c1-12(2)19-7-9-20(10-8-19)15(21)14-5-3-13(4-6-14)11-18-16(17)22/h3-6,12H,7-11H2,1-2H3,(H3,17,18,22). The van der Waals surface area contributed by atoms with Crippen molar-refractivity contribution in [2.24, 2.45) is 5.73 Å². The molecule has 22 heavy (non-hydrogen) atoms. The normalized spacial score (nSPS) is 15.9. The van der Waals surface area contributed by atoms with Gasteiger partial charge in [0.15, 0.2) is 0 Å². The molecule has 120 valence electrons. The summed E-state index contributed by atoms with van der Waals surface area (Å²) in [5, 5.41) is 2.53. The predicted octanol–water partition coefficient (Wildman–Crippen LogP) is 1.02. The van der Waals surface area contributed by atoms with Crippen LogP contribution < -0.4 is 11.1 Å². The van der Waals surface area contributed by atoms with Crippen molar-refractivity contribution in [3.05, 3.63) is 35.4 Å². The number of carbonyl (C=O) groups excluding carboxylic acids is 2. The van der Waals surface area contributed by atoms with Gasteiger partial charge in [0.25, 0.3) is 5.91 Å². The molecule has 6 nitrogen and oxygen atoms in total. The van der Waals surface area contributed by atoms with Gasteiger partial charge in [0.05, 0.1) is 0 Å². The summed E-state index contributed by atoms with van der Waals surface area (Å²) in [6.07, 6.45) is 0.